The van der Waals surface area contributed by atoms with Crippen molar-refractivity contribution in [3.63, 3.8) is 0 Å². The largest absolute Gasteiger partial charge is 0.465 e. The Labute approximate surface area is 264 Å². The maximum atomic E-state index is 12.3. The van der Waals surface area contributed by atoms with Gasteiger partial charge in [-0.3, -0.25) is 14.5 Å². The summed E-state index contributed by atoms with van der Waals surface area (Å²) in [6, 6.07) is 14.9. The van der Waals surface area contributed by atoms with Crippen LogP contribution in [0.2, 0.25) is 0 Å². The van der Waals surface area contributed by atoms with Crippen molar-refractivity contribution in [3.05, 3.63) is 74.7 Å². The minimum Gasteiger partial charge on any atom is -0.465 e. The molecule has 1 heterocycles. The molecule has 0 radical (unpaired) electrons. The first-order valence-electron chi connectivity index (χ1n) is 14.3. The van der Waals surface area contributed by atoms with Gasteiger partial charge in [-0.05, 0) is 87.0 Å². The zero-order chi connectivity index (χ0) is 30.2. The van der Waals surface area contributed by atoms with Crippen molar-refractivity contribution in [3.8, 4) is 0 Å². The Balaban J connectivity index is 0.000000240. The van der Waals surface area contributed by atoms with E-state index in [1.807, 2.05) is 54.6 Å². The molecule has 1 saturated heterocycles. The molecular weight excluding hydrogens is 668 g/mol. The van der Waals surface area contributed by atoms with E-state index >= 15 is 0 Å². The highest BCUT2D eigenvalue weighted by atomic mass is 79.9. The molecule has 1 saturated carbocycles. The summed E-state index contributed by atoms with van der Waals surface area (Å²) in [6.07, 6.45) is 8.10. The maximum Gasteiger partial charge on any atom is 0.405 e. The Morgan fingerprint density at radius 1 is 1.02 bits per heavy atom. The van der Waals surface area contributed by atoms with E-state index in [1.54, 1.807) is 6.08 Å². The molecule has 2 fully saturated rings. The van der Waals surface area contributed by atoms with Gasteiger partial charge < -0.3 is 25.8 Å². The molecule has 1 aliphatic heterocycles. The topological polar surface area (TPSA) is 120 Å². The average Bonchev–Trinajstić information content (AvgIpc) is 3.50. The fourth-order valence-corrected chi connectivity index (χ4v) is 5.42. The van der Waals surface area contributed by atoms with Gasteiger partial charge in [0.2, 0.25) is 11.8 Å². The van der Waals surface area contributed by atoms with Crippen molar-refractivity contribution >= 4 is 55.8 Å². The molecule has 1 aliphatic carbocycles. The molecule has 3 amide bonds. The van der Waals surface area contributed by atoms with Crippen molar-refractivity contribution in [1.82, 2.24) is 20.9 Å². The second-order valence-corrected chi connectivity index (χ2v) is 12.0. The van der Waals surface area contributed by atoms with Gasteiger partial charge in [0.15, 0.2) is 0 Å². The van der Waals surface area contributed by atoms with Gasteiger partial charge in [0.05, 0.1) is 13.2 Å². The van der Waals surface area contributed by atoms with Crippen LogP contribution in [0.25, 0.3) is 6.08 Å². The Morgan fingerprint density at radius 2 is 1.74 bits per heavy atom. The van der Waals surface area contributed by atoms with Gasteiger partial charge >= 0.3 is 6.09 Å². The van der Waals surface area contributed by atoms with Crippen LogP contribution >= 0.6 is 31.9 Å². The Bertz CT molecular complexity index is 1170. The normalized spacial score (nSPS) is 16.3. The third kappa shape index (κ3) is 13.1. The summed E-state index contributed by atoms with van der Waals surface area (Å²) in [6.45, 7) is 4.79. The number of carbonyl (C=O) groups is 3. The van der Waals surface area contributed by atoms with Crippen LogP contribution in [-0.2, 0) is 20.7 Å². The number of halogens is 2. The molecule has 2 aliphatic rings. The lowest BCUT2D eigenvalue weighted by molar-refractivity contribution is -0.123. The van der Waals surface area contributed by atoms with Crippen LogP contribution in [0.5, 0.6) is 0 Å². The van der Waals surface area contributed by atoms with Gasteiger partial charge in [-0.2, -0.15) is 0 Å². The summed E-state index contributed by atoms with van der Waals surface area (Å²) in [5.74, 6) is -0.288. The number of ether oxygens (including phenoxy) is 1. The number of carbonyl (C=O) groups excluding carboxylic acids is 2. The number of nitrogens with one attached hydrogen (secondary N) is 3. The molecule has 11 heteroatoms. The highest BCUT2D eigenvalue weighted by molar-refractivity contribution is 9.13. The van der Waals surface area contributed by atoms with Crippen molar-refractivity contribution in [2.75, 3.05) is 39.4 Å². The van der Waals surface area contributed by atoms with Gasteiger partial charge in [-0.15, -0.1) is 0 Å². The smallest absolute Gasteiger partial charge is 0.405 e. The molecule has 0 bridgehead atoms. The van der Waals surface area contributed by atoms with E-state index in [2.05, 4.69) is 52.7 Å². The number of rotatable bonds is 11. The first-order chi connectivity index (χ1) is 20.3. The zero-order valence-corrected chi connectivity index (χ0v) is 26.9. The monoisotopic (exact) mass is 706 g/mol. The zero-order valence-electron chi connectivity index (χ0n) is 23.7. The van der Waals surface area contributed by atoms with Crippen molar-refractivity contribution in [1.29, 1.82) is 0 Å². The molecule has 4 N–H and O–H groups in total. The SMILES string of the molecule is O=C(C=Cc1ccc(Br)c(Br)c1)NC1CCCC1.O=C(O)NC(Cc1ccccc1)C(=O)NCCCN1CCOCC1. The van der Waals surface area contributed by atoms with Gasteiger partial charge in [0, 0.05) is 47.1 Å². The summed E-state index contributed by atoms with van der Waals surface area (Å²) in [4.78, 5) is 37.2. The fourth-order valence-electron chi connectivity index (χ4n) is 4.78. The number of hydrogen-bond donors (Lipinski definition) is 4. The molecule has 42 heavy (non-hydrogen) atoms. The van der Waals surface area contributed by atoms with Gasteiger partial charge in [0.25, 0.3) is 0 Å². The molecule has 9 nitrogen and oxygen atoms in total. The minimum absolute atomic E-state index is 0.000871. The minimum atomic E-state index is -1.20. The van der Waals surface area contributed by atoms with E-state index in [-0.39, 0.29) is 11.8 Å². The lowest BCUT2D eigenvalue weighted by Gasteiger charge is -2.26. The molecule has 0 aromatic heterocycles. The molecule has 1 unspecified atom stereocenters. The van der Waals surface area contributed by atoms with Gasteiger partial charge in [0.1, 0.15) is 6.04 Å². The second kappa shape index (κ2) is 18.7. The second-order valence-electron chi connectivity index (χ2n) is 10.3. The van der Waals surface area contributed by atoms with Crippen LogP contribution in [0.3, 0.4) is 0 Å². The van der Waals surface area contributed by atoms with Crippen LogP contribution < -0.4 is 16.0 Å². The number of benzene rings is 2. The van der Waals surface area contributed by atoms with Crippen LogP contribution in [0.15, 0.2) is 63.6 Å². The number of morpholine rings is 1. The van der Waals surface area contributed by atoms with E-state index in [0.29, 0.717) is 19.0 Å². The van der Waals surface area contributed by atoms with Crippen molar-refractivity contribution in [2.24, 2.45) is 0 Å². The van der Waals surface area contributed by atoms with E-state index in [0.717, 1.165) is 72.2 Å². The fraction of sp³-hybridized carbons (Fsp3) is 0.452. The Hall–Kier alpha value is -2.73. The van der Waals surface area contributed by atoms with Crippen LogP contribution in [0.1, 0.15) is 43.2 Å². The first kappa shape index (κ1) is 33.8. The van der Waals surface area contributed by atoms with Crippen LogP contribution in [-0.4, -0.2) is 79.4 Å². The summed E-state index contributed by atoms with van der Waals surface area (Å²) in [5.41, 5.74) is 1.92. The highest BCUT2D eigenvalue weighted by Gasteiger charge is 2.21. The van der Waals surface area contributed by atoms with E-state index in [1.165, 1.54) is 12.8 Å². The van der Waals surface area contributed by atoms with Crippen LogP contribution in [0.4, 0.5) is 4.79 Å². The first-order valence-corrected chi connectivity index (χ1v) is 15.9. The third-order valence-corrected chi connectivity index (χ3v) is 8.90. The Morgan fingerprint density at radius 3 is 2.40 bits per heavy atom. The van der Waals surface area contributed by atoms with Crippen molar-refractivity contribution in [2.45, 2.75) is 50.6 Å². The quantitative estimate of drug-likeness (QED) is 0.193. The molecule has 0 spiro atoms. The van der Waals surface area contributed by atoms with Crippen LogP contribution in [0, 0.1) is 0 Å². The number of amides is 3. The molecular formula is C31H40Br2N4O5. The predicted molar refractivity (Wildman–Crippen MR) is 171 cm³/mol. The lowest BCUT2D eigenvalue weighted by atomic mass is 10.1. The average molecular weight is 708 g/mol. The number of nitrogens with zero attached hydrogens (tertiary/aromatic N) is 1. The standard InChI is InChI=1S/C17H25N3O4.C14H15Br2NO/c21-16(18-7-4-8-20-9-11-24-12-10-20)15(19-17(22)23)13-14-5-2-1-3-6-14;15-12-7-5-10(9-13(12)16)6-8-14(18)17-11-3-1-2-4-11/h1-3,5-6,15,19H,4,7-13H2,(H,18,21)(H,22,23);5-9,11H,1-4H2,(H,17,18). The van der Waals surface area contributed by atoms with E-state index in [4.69, 9.17) is 9.84 Å². The predicted octanol–water partition coefficient (Wildman–Crippen LogP) is 4.99. The summed E-state index contributed by atoms with van der Waals surface area (Å²) in [7, 11) is 0. The van der Waals surface area contributed by atoms with E-state index < -0.39 is 12.1 Å². The summed E-state index contributed by atoms with van der Waals surface area (Å²) < 4.78 is 7.29. The third-order valence-electron chi connectivity index (χ3n) is 7.02. The molecule has 2 aromatic rings. The molecule has 2 aromatic carbocycles. The highest BCUT2D eigenvalue weighted by Crippen LogP contribution is 2.24. The summed E-state index contributed by atoms with van der Waals surface area (Å²) >= 11 is 6.86. The van der Waals surface area contributed by atoms with Crippen molar-refractivity contribution < 1.29 is 24.2 Å². The molecule has 1 atom stereocenters. The molecule has 228 valence electrons. The Kier molecular flexibility index (Phi) is 15.1. The maximum absolute atomic E-state index is 12.3. The van der Waals surface area contributed by atoms with E-state index in [9.17, 15) is 14.4 Å². The lowest BCUT2D eigenvalue weighted by Crippen LogP contribution is -2.48. The van der Waals surface area contributed by atoms with Gasteiger partial charge in [-0.1, -0.05) is 49.2 Å². The summed E-state index contributed by atoms with van der Waals surface area (Å²) in [5, 5.41) is 17.1. The number of hydrogen-bond acceptors (Lipinski definition) is 5. The molecule has 4 rings (SSSR count). The van der Waals surface area contributed by atoms with Gasteiger partial charge in [-0.25, -0.2) is 4.79 Å². The number of carboxylic acid groups (broad SMARTS) is 1.